The number of nitrogens with zero attached hydrogens (tertiary/aromatic N) is 1. The van der Waals surface area contributed by atoms with Gasteiger partial charge in [-0.05, 0) is 36.4 Å². The number of H-pyrrole nitrogens is 1. The molecular weight excluding hydrogens is 297 g/mol. The fourth-order valence-corrected chi connectivity index (χ4v) is 2.14. The number of nitrogens with one attached hydrogen (secondary N) is 2. The number of anilines is 1. The van der Waals surface area contributed by atoms with E-state index in [1.807, 2.05) is 12.1 Å². The van der Waals surface area contributed by atoms with Gasteiger partial charge in [0, 0.05) is 29.7 Å². The van der Waals surface area contributed by atoms with E-state index in [4.69, 9.17) is 4.74 Å². The maximum Gasteiger partial charge on any atom is 0.258 e. The smallest absolute Gasteiger partial charge is 0.258 e. The third-order valence-corrected chi connectivity index (χ3v) is 3.34. The molecule has 0 spiro atoms. The minimum Gasteiger partial charge on any atom is -0.497 e. The monoisotopic (exact) mass is 311 g/mol. The van der Waals surface area contributed by atoms with Crippen LogP contribution in [0.4, 0.5) is 10.1 Å². The Balaban J connectivity index is 1.75. The molecule has 0 bridgehead atoms. The number of carbonyl (C=O) groups is 1. The summed E-state index contributed by atoms with van der Waals surface area (Å²) < 4.78 is 18.8. The Labute approximate surface area is 132 Å². The molecule has 0 radical (unpaired) electrons. The SMILES string of the molecule is COc1ccc(C(=O)Nc2ccc(-c3ncc[nH]3)cc2)c(F)c1. The molecule has 1 heterocycles. The van der Waals surface area contributed by atoms with E-state index in [-0.39, 0.29) is 5.56 Å². The van der Waals surface area contributed by atoms with Crippen LogP contribution < -0.4 is 10.1 Å². The Morgan fingerprint density at radius 1 is 1.22 bits per heavy atom. The molecule has 2 N–H and O–H groups in total. The van der Waals surface area contributed by atoms with Crippen molar-refractivity contribution >= 4 is 11.6 Å². The van der Waals surface area contributed by atoms with Crippen LogP contribution in [0, 0.1) is 5.82 Å². The van der Waals surface area contributed by atoms with Gasteiger partial charge in [0.1, 0.15) is 17.4 Å². The number of hydrogen-bond acceptors (Lipinski definition) is 3. The molecule has 3 rings (SSSR count). The summed E-state index contributed by atoms with van der Waals surface area (Å²) in [7, 11) is 1.44. The Morgan fingerprint density at radius 2 is 2.00 bits per heavy atom. The van der Waals surface area contributed by atoms with Crippen LogP contribution in [0.1, 0.15) is 10.4 Å². The molecule has 5 nitrogen and oxygen atoms in total. The lowest BCUT2D eigenvalue weighted by molar-refractivity contribution is 0.102. The molecule has 116 valence electrons. The number of imidazole rings is 1. The second kappa shape index (κ2) is 6.31. The van der Waals surface area contributed by atoms with Gasteiger partial charge in [-0.25, -0.2) is 9.37 Å². The zero-order valence-electron chi connectivity index (χ0n) is 12.3. The molecule has 0 unspecified atom stereocenters. The number of rotatable bonds is 4. The van der Waals surface area contributed by atoms with E-state index in [0.717, 1.165) is 11.4 Å². The van der Waals surface area contributed by atoms with Gasteiger partial charge < -0.3 is 15.0 Å². The van der Waals surface area contributed by atoms with E-state index < -0.39 is 11.7 Å². The minimum atomic E-state index is -0.631. The van der Waals surface area contributed by atoms with Crippen molar-refractivity contribution < 1.29 is 13.9 Å². The molecule has 0 atom stereocenters. The maximum absolute atomic E-state index is 13.9. The molecule has 0 aliphatic rings. The van der Waals surface area contributed by atoms with Crippen LogP contribution in [0.5, 0.6) is 5.75 Å². The number of aromatic amines is 1. The van der Waals surface area contributed by atoms with Crippen molar-refractivity contribution in [1.82, 2.24) is 9.97 Å². The van der Waals surface area contributed by atoms with Gasteiger partial charge in [0.2, 0.25) is 0 Å². The topological polar surface area (TPSA) is 67.0 Å². The largest absolute Gasteiger partial charge is 0.497 e. The highest BCUT2D eigenvalue weighted by Crippen LogP contribution is 2.20. The van der Waals surface area contributed by atoms with Gasteiger partial charge in [0.15, 0.2) is 0 Å². The quantitative estimate of drug-likeness (QED) is 0.775. The number of benzene rings is 2. The minimum absolute atomic E-state index is 0.0408. The lowest BCUT2D eigenvalue weighted by Crippen LogP contribution is -2.13. The predicted molar refractivity (Wildman–Crippen MR) is 84.9 cm³/mol. The molecule has 3 aromatic rings. The van der Waals surface area contributed by atoms with Gasteiger partial charge in [0.25, 0.3) is 5.91 Å². The first-order chi connectivity index (χ1) is 11.2. The first-order valence-corrected chi connectivity index (χ1v) is 6.92. The lowest BCUT2D eigenvalue weighted by atomic mass is 10.1. The summed E-state index contributed by atoms with van der Waals surface area (Å²) in [5.41, 5.74) is 1.42. The van der Waals surface area contributed by atoms with Crippen molar-refractivity contribution in [3.05, 3.63) is 66.2 Å². The van der Waals surface area contributed by atoms with Gasteiger partial charge in [-0.15, -0.1) is 0 Å². The Morgan fingerprint density at radius 3 is 2.61 bits per heavy atom. The van der Waals surface area contributed by atoms with Crippen LogP contribution in [0.2, 0.25) is 0 Å². The van der Waals surface area contributed by atoms with Crippen molar-refractivity contribution in [2.75, 3.05) is 12.4 Å². The Hall–Kier alpha value is -3.15. The summed E-state index contributed by atoms with van der Waals surface area (Å²) in [6, 6.07) is 11.2. The van der Waals surface area contributed by atoms with E-state index >= 15 is 0 Å². The average Bonchev–Trinajstić information content (AvgIpc) is 3.09. The second-order valence-corrected chi connectivity index (χ2v) is 4.82. The van der Waals surface area contributed by atoms with Crippen molar-refractivity contribution in [3.63, 3.8) is 0 Å². The third kappa shape index (κ3) is 3.21. The number of ether oxygens (including phenoxy) is 1. The summed E-state index contributed by atoms with van der Waals surface area (Å²) in [5, 5.41) is 2.66. The number of halogens is 1. The molecule has 0 fully saturated rings. The molecule has 2 aromatic carbocycles. The van der Waals surface area contributed by atoms with Crippen molar-refractivity contribution in [1.29, 1.82) is 0 Å². The van der Waals surface area contributed by atoms with Crippen molar-refractivity contribution in [2.45, 2.75) is 0 Å². The molecular formula is C17H14FN3O2. The molecule has 0 saturated heterocycles. The summed E-state index contributed by atoms with van der Waals surface area (Å²) in [4.78, 5) is 19.3. The van der Waals surface area contributed by atoms with Crippen LogP contribution in [-0.4, -0.2) is 23.0 Å². The van der Waals surface area contributed by atoms with Crippen LogP contribution in [-0.2, 0) is 0 Å². The van der Waals surface area contributed by atoms with E-state index in [1.165, 1.54) is 25.3 Å². The predicted octanol–water partition coefficient (Wildman–Crippen LogP) is 3.48. The van der Waals surface area contributed by atoms with Crippen LogP contribution in [0.25, 0.3) is 11.4 Å². The zero-order valence-corrected chi connectivity index (χ0v) is 12.3. The lowest BCUT2D eigenvalue weighted by Gasteiger charge is -2.08. The molecule has 0 aliphatic carbocycles. The maximum atomic E-state index is 13.9. The first kappa shape index (κ1) is 14.8. The standard InChI is InChI=1S/C17H14FN3O2/c1-23-13-6-7-14(15(18)10-13)17(22)21-12-4-2-11(3-5-12)16-19-8-9-20-16/h2-10H,1H3,(H,19,20)(H,21,22). The molecule has 1 aromatic heterocycles. The number of carbonyl (C=O) groups excluding carboxylic acids is 1. The second-order valence-electron chi connectivity index (χ2n) is 4.82. The highest BCUT2D eigenvalue weighted by atomic mass is 19.1. The molecule has 23 heavy (non-hydrogen) atoms. The number of hydrogen-bond donors (Lipinski definition) is 2. The summed E-state index contributed by atoms with van der Waals surface area (Å²) in [5.74, 6) is -0.0455. The van der Waals surface area contributed by atoms with E-state index in [1.54, 1.807) is 24.5 Å². The summed E-state index contributed by atoms with van der Waals surface area (Å²) in [6.45, 7) is 0. The van der Waals surface area contributed by atoms with E-state index in [2.05, 4.69) is 15.3 Å². The molecule has 0 aliphatic heterocycles. The Bertz CT molecular complexity index is 814. The van der Waals surface area contributed by atoms with Crippen LogP contribution in [0.3, 0.4) is 0 Å². The first-order valence-electron chi connectivity index (χ1n) is 6.92. The highest BCUT2D eigenvalue weighted by Gasteiger charge is 2.13. The van der Waals surface area contributed by atoms with Gasteiger partial charge in [-0.2, -0.15) is 0 Å². The number of amides is 1. The fraction of sp³-hybridized carbons (Fsp3) is 0.0588. The highest BCUT2D eigenvalue weighted by molar-refractivity contribution is 6.04. The Kier molecular flexibility index (Phi) is 4.05. The average molecular weight is 311 g/mol. The molecule has 0 saturated carbocycles. The van der Waals surface area contributed by atoms with Gasteiger partial charge in [0.05, 0.1) is 12.7 Å². The third-order valence-electron chi connectivity index (χ3n) is 3.34. The van der Waals surface area contributed by atoms with Gasteiger partial charge in [-0.3, -0.25) is 4.79 Å². The number of aromatic nitrogens is 2. The fourth-order valence-electron chi connectivity index (χ4n) is 2.14. The number of methoxy groups -OCH3 is 1. The van der Waals surface area contributed by atoms with Crippen molar-refractivity contribution in [3.8, 4) is 17.1 Å². The normalized spacial score (nSPS) is 10.3. The van der Waals surface area contributed by atoms with E-state index in [9.17, 15) is 9.18 Å². The zero-order chi connectivity index (χ0) is 16.2. The van der Waals surface area contributed by atoms with E-state index in [0.29, 0.717) is 11.4 Å². The van der Waals surface area contributed by atoms with Gasteiger partial charge >= 0.3 is 0 Å². The summed E-state index contributed by atoms with van der Waals surface area (Å²) in [6.07, 6.45) is 3.40. The molecule has 1 amide bonds. The summed E-state index contributed by atoms with van der Waals surface area (Å²) >= 11 is 0. The van der Waals surface area contributed by atoms with Crippen LogP contribution in [0.15, 0.2) is 54.9 Å². The van der Waals surface area contributed by atoms with Gasteiger partial charge in [-0.1, -0.05) is 0 Å². The molecule has 6 heteroatoms. The van der Waals surface area contributed by atoms with Crippen LogP contribution >= 0.6 is 0 Å². The van der Waals surface area contributed by atoms with Crippen molar-refractivity contribution in [2.24, 2.45) is 0 Å².